The summed E-state index contributed by atoms with van der Waals surface area (Å²) < 4.78 is 24.6. The number of hydrogen-bond acceptors (Lipinski definition) is 4. The number of sulfone groups is 1. The molecule has 0 saturated carbocycles. The summed E-state index contributed by atoms with van der Waals surface area (Å²) in [5, 5.41) is 8.90. The van der Waals surface area contributed by atoms with Crippen LogP contribution < -0.4 is 0 Å². The van der Waals surface area contributed by atoms with Crippen molar-refractivity contribution in [3.05, 3.63) is 29.8 Å². The van der Waals surface area contributed by atoms with Crippen molar-refractivity contribution in [3.63, 3.8) is 0 Å². The van der Waals surface area contributed by atoms with E-state index in [1.165, 1.54) is 17.0 Å². The van der Waals surface area contributed by atoms with Gasteiger partial charge in [0.1, 0.15) is 0 Å². The van der Waals surface area contributed by atoms with Crippen molar-refractivity contribution in [3.8, 4) is 6.07 Å². The summed E-state index contributed by atoms with van der Waals surface area (Å²) >= 11 is 0. The number of hydrogen-bond donors (Lipinski definition) is 0. The Balaban J connectivity index is 3.21. The zero-order chi connectivity index (χ0) is 16.8. The van der Waals surface area contributed by atoms with Crippen LogP contribution in [0.25, 0.3) is 0 Å². The van der Waals surface area contributed by atoms with E-state index in [-0.39, 0.29) is 34.6 Å². The smallest absolute Gasteiger partial charge is 0.255 e. The Morgan fingerprint density at radius 2 is 1.95 bits per heavy atom. The number of nitriles is 1. The Bertz CT molecular complexity index is 662. The fourth-order valence-corrected chi connectivity index (χ4v) is 3.72. The molecule has 1 aromatic rings. The van der Waals surface area contributed by atoms with Crippen molar-refractivity contribution in [2.45, 2.75) is 32.1 Å². The Morgan fingerprint density at radius 1 is 1.32 bits per heavy atom. The summed E-state index contributed by atoms with van der Waals surface area (Å²) in [5.74, 6) is -0.638. The van der Waals surface area contributed by atoms with E-state index in [0.29, 0.717) is 13.0 Å². The lowest BCUT2D eigenvalue weighted by Gasteiger charge is -2.23. The number of carbonyl (C=O) groups excluding carboxylic acids is 1. The molecule has 0 aliphatic carbocycles. The highest BCUT2D eigenvalue weighted by Crippen LogP contribution is 2.20. The van der Waals surface area contributed by atoms with E-state index in [1.807, 2.05) is 6.92 Å². The van der Waals surface area contributed by atoms with Crippen LogP contribution in [0.4, 0.5) is 0 Å². The normalized spacial score (nSPS) is 12.5. The summed E-state index contributed by atoms with van der Waals surface area (Å²) in [4.78, 5) is 14.2. The minimum Gasteiger partial charge on any atom is -0.338 e. The van der Waals surface area contributed by atoms with Gasteiger partial charge in [-0.15, -0.1) is 0 Å². The molecular weight excluding hydrogens is 300 g/mol. The first-order chi connectivity index (χ1) is 10.4. The van der Waals surface area contributed by atoms with Crippen molar-refractivity contribution in [2.24, 2.45) is 5.92 Å². The molecule has 0 spiro atoms. The molecule has 22 heavy (non-hydrogen) atoms. The van der Waals surface area contributed by atoms with Gasteiger partial charge in [-0.05, 0) is 32.4 Å². The molecule has 5 nitrogen and oxygen atoms in total. The van der Waals surface area contributed by atoms with Crippen molar-refractivity contribution in [1.82, 2.24) is 4.90 Å². The SMILES string of the molecule is CCCS(=O)(=O)c1ccccc1C(=O)N(CC)C[C@@H](C)C#N. The molecule has 0 aromatic heterocycles. The third-order valence-corrected chi connectivity index (χ3v) is 5.28. The second-order valence-corrected chi connectivity index (χ2v) is 7.27. The van der Waals surface area contributed by atoms with Crippen molar-refractivity contribution < 1.29 is 13.2 Å². The third kappa shape index (κ3) is 4.31. The minimum atomic E-state index is -3.47. The maximum Gasteiger partial charge on any atom is 0.255 e. The molecule has 1 rings (SSSR count). The fraction of sp³-hybridized carbons (Fsp3) is 0.500. The lowest BCUT2D eigenvalue weighted by atomic mass is 10.1. The van der Waals surface area contributed by atoms with Gasteiger partial charge in [-0.1, -0.05) is 19.1 Å². The highest BCUT2D eigenvalue weighted by Gasteiger charge is 2.24. The second-order valence-electron chi connectivity index (χ2n) is 5.19. The van der Waals surface area contributed by atoms with E-state index in [0.717, 1.165) is 0 Å². The molecule has 0 aliphatic rings. The molecule has 120 valence electrons. The molecular formula is C16H22N2O3S. The van der Waals surface area contributed by atoms with Gasteiger partial charge in [-0.25, -0.2) is 8.42 Å². The average Bonchev–Trinajstić information content (AvgIpc) is 2.51. The fourth-order valence-electron chi connectivity index (χ4n) is 2.19. The standard InChI is InChI=1S/C16H22N2O3S/c1-4-10-22(20,21)15-9-7-6-8-14(15)16(19)18(5-2)12-13(3)11-17/h6-9,13H,4-5,10,12H2,1-3H3/t13-/m0/s1. The largest absolute Gasteiger partial charge is 0.338 e. The first kappa shape index (κ1) is 18.2. The monoisotopic (exact) mass is 322 g/mol. The van der Waals surface area contributed by atoms with Crippen LogP contribution in [0.5, 0.6) is 0 Å². The molecule has 0 unspecified atom stereocenters. The van der Waals surface area contributed by atoms with Crippen molar-refractivity contribution in [1.29, 1.82) is 5.26 Å². The topological polar surface area (TPSA) is 78.2 Å². The van der Waals surface area contributed by atoms with Gasteiger partial charge in [0.25, 0.3) is 5.91 Å². The average molecular weight is 322 g/mol. The zero-order valence-electron chi connectivity index (χ0n) is 13.2. The van der Waals surface area contributed by atoms with Crippen LogP contribution in [-0.4, -0.2) is 38.1 Å². The van der Waals surface area contributed by atoms with Gasteiger partial charge in [-0.3, -0.25) is 4.79 Å². The molecule has 1 atom stereocenters. The molecule has 0 heterocycles. The van der Waals surface area contributed by atoms with E-state index in [4.69, 9.17) is 5.26 Å². The Hall–Kier alpha value is -1.87. The lowest BCUT2D eigenvalue weighted by Crippen LogP contribution is -2.35. The van der Waals surface area contributed by atoms with Crippen LogP contribution in [0.1, 0.15) is 37.6 Å². The summed E-state index contributed by atoms with van der Waals surface area (Å²) in [5.41, 5.74) is 0.183. The quantitative estimate of drug-likeness (QED) is 0.772. The van der Waals surface area contributed by atoms with Crippen LogP contribution in [0.2, 0.25) is 0 Å². The summed E-state index contributed by atoms with van der Waals surface area (Å²) in [7, 11) is -3.47. The number of benzene rings is 1. The van der Waals surface area contributed by atoms with E-state index in [1.54, 1.807) is 26.0 Å². The van der Waals surface area contributed by atoms with Gasteiger partial charge < -0.3 is 4.90 Å². The van der Waals surface area contributed by atoms with Crippen molar-refractivity contribution in [2.75, 3.05) is 18.8 Å². The number of rotatable bonds is 7. The van der Waals surface area contributed by atoms with Gasteiger partial charge >= 0.3 is 0 Å². The number of amides is 1. The molecule has 0 saturated heterocycles. The second kappa shape index (κ2) is 7.95. The minimum absolute atomic E-state index is 0.0119. The predicted octanol–water partition coefficient (Wildman–Crippen LogP) is 2.49. The molecule has 0 bridgehead atoms. The van der Waals surface area contributed by atoms with Crippen LogP contribution in [0.15, 0.2) is 29.2 Å². The summed E-state index contributed by atoms with van der Waals surface area (Å²) in [6.07, 6.45) is 0.494. The van der Waals surface area contributed by atoms with E-state index >= 15 is 0 Å². The van der Waals surface area contributed by atoms with Crippen LogP contribution >= 0.6 is 0 Å². The van der Waals surface area contributed by atoms with Gasteiger partial charge in [0.2, 0.25) is 0 Å². The Morgan fingerprint density at radius 3 is 2.50 bits per heavy atom. The molecule has 1 aromatic carbocycles. The Labute approximate surface area is 132 Å². The van der Waals surface area contributed by atoms with Gasteiger partial charge in [0.05, 0.1) is 28.2 Å². The van der Waals surface area contributed by atoms with Crippen molar-refractivity contribution >= 4 is 15.7 Å². The van der Waals surface area contributed by atoms with E-state index in [2.05, 4.69) is 6.07 Å². The van der Waals surface area contributed by atoms with Gasteiger partial charge in [0.15, 0.2) is 9.84 Å². The Kier molecular flexibility index (Phi) is 6.57. The van der Waals surface area contributed by atoms with E-state index < -0.39 is 9.84 Å². The van der Waals surface area contributed by atoms with Crippen LogP contribution in [0, 0.1) is 17.2 Å². The van der Waals surface area contributed by atoms with Gasteiger partial charge in [0, 0.05) is 13.1 Å². The molecule has 1 amide bonds. The maximum atomic E-state index is 12.7. The molecule has 0 radical (unpaired) electrons. The highest BCUT2D eigenvalue weighted by molar-refractivity contribution is 7.91. The predicted molar refractivity (Wildman–Crippen MR) is 85.1 cm³/mol. The first-order valence-electron chi connectivity index (χ1n) is 7.38. The number of carbonyl (C=O) groups is 1. The first-order valence-corrected chi connectivity index (χ1v) is 9.03. The van der Waals surface area contributed by atoms with E-state index in [9.17, 15) is 13.2 Å². The molecule has 0 fully saturated rings. The highest BCUT2D eigenvalue weighted by atomic mass is 32.2. The summed E-state index contributed by atoms with van der Waals surface area (Å²) in [6.45, 7) is 6.04. The van der Waals surface area contributed by atoms with Crippen LogP contribution in [-0.2, 0) is 9.84 Å². The maximum absolute atomic E-state index is 12.7. The lowest BCUT2D eigenvalue weighted by molar-refractivity contribution is 0.0749. The summed E-state index contributed by atoms with van der Waals surface area (Å²) in [6, 6.07) is 8.36. The molecule has 6 heteroatoms. The molecule has 0 N–H and O–H groups in total. The van der Waals surface area contributed by atoms with Gasteiger partial charge in [-0.2, -0.15) is 5.26 Å². The van der Waals surface area contributed by atoms with Crippen LogP contribution in [0.3, 0.4) is 0 Å². The zero-order valence-corrected chi connectivity index (χ0v) is 14.1. The molecule has 0 aliphatic heterocycles. The third-order valence-electron chi connectivity index (χ3n) is 3.31. The number of nitrogens with zero attached hydrogens (tertiary/aromatic N) is 2.